The Morgan fingerprint density at radius 1 is 0.521 bits per heavy atom. The Hall–Kier alpha value is -6.06. The average molecular weight is 615 g/mol. The summed E-state index contributed by atoms with van der Waals surface area (Å²) < 4.78 is 8.57. The molecule has 2 aliphatic rings. The van der Waals surface area contributed by atoms with E-state index in [-0.39, 0.29) is 5.41 Å². The Morgan fingerprint density at radius 2 is 1.27 bits per heavy atom. The maximum absolute atomic E-state index is 6.03. The molecule has 3 heteroatoms. The third-order valence-corrected chi connectivity index (χ3v) is 10.9. The van der Waals surface area contributed by atoms with Crippen LogP contribution < -0.4 is 5.32 Å². The van der Waals surface area contributed by atoms with Crippen LogP contribution in [0.3, 0.4) is 0 Å². The van der Waals surface area contributed by atoms with Crippen LogP contribution in [-0.2, 0) is 5.41 Å². The lowest BCUT2D eigenvalue weighted by Crippen LogP contribution is -2.15. The second-order valence-electron chi connectivity index (χ2n) is 13.8. The summed E-state index contributed by atoms with van der Waals surface area (Å²) >= 11 is 0. The topological polar surface area (TPSA) is 30.1 Å². The van der Waals surface area contributed by atoms with E-state index in [9.17, 15) is 0 Å². The molecule has 0 saturated heterocycles. The van der Waals surface area contributed by atoms with Gasteiger partial charge in [-0.3, -0.25) is 0 Å². The largest absolute Gasteiger partial charge is 0.456 e. The first-order chi connectivity index (χ1) is 23.5. The zero-order valence-corrected chi connectivity index (χ0v) is 26.6. The van der Waals surface area contributed by atoms with Gasteiger partial charge in [0.25, 0.3) is 0 Å². The number of fused-ring (bicyclic) bond motifs is 9. The maximum Gasteiger partial charge on any atom is 0.135 e. The van der Waals surface area contributed by atoms with Crippen molar-refractivity contribution in [3.63, 3.8) is 0 Å². The molecule has 9 aromatic rings. The predicted octanol–water partition coefficient (Wildman–Crippen LogP) is 12.4. The van der Waals surface area contributed by atoms with Crippen molar-refractivity contribution in [1.29, 1.82) is 0 Å². The lowest BCUT2D eigenvalue weighted by molar-refractivity contribution is 0.661. The SMILES string of the molecule is CC1(C)c2cccc3c2-c2c1ccc1c4ccccc4n(c21)-c1cc(-c2ccc(Nc4ccc5oc6ccccc6c5c4)cc2)ccc1-3. The number of anilines is 2. The highest BCUT2D eigenvalue weighted by molar-refractivity contribution is 6.18. The first-order valence-electron chi connectivity index (χ1n) is 16.7. The van der Waals surface area contributed by atoms with Gasteiger partial charge < -0.3 is 14.3 Å². The highest BCUT2D eigenvalue weighted by atomic mass is 16.3. The summed E-state index contributed by atoms with van der Waals surface area (Å²) in [6, 6.07) is 50.8. The van der Waals surface area contributed by atoms with E-state index in [0.29, 0.717) is 0 Å². The van der Waals surface area contributed by atoms with Crippen LogP contribution in [0.5, 0.6) is 0 Å². The Labute approximate surface area is 277 Å². The molecule has 3 nitrogen and oxygen atoms in total. The Kier molecular flexibility index (Phi) is 4.91. The fraction of sp³-hybridized carbons (Fsp3) is 0.0667. The van der Waals surface area contributed by atoms with Crippen molar-refractivity contribution < 1.29 is 4.42 Å². The van der Waals surface area contributed by atoms with Gasteiger partial charge >= 0.3 is 0 Å². The van der Waals surface area contributed by atoms with Gasteiger partial charge in [0.1, 0.15) is 11.2 Å². The summed E-state index contributed by atoms with van der Waals surface area (Å²) in [5.41, 5.74) is 18.3. The highest BCUT2D eigenvalue weighted by Gasteiger charge is 2.40. The molecule has 3 heterocycles. The lowest BCUT2D eigenvalue weighted by atomic mass is 9.81. The summed E-state index contributed by atoms with van der Waals surface area (Å²) in [5, 5.41) is 8.48. The molecular weight excluding hydrogens is 585 g/mol. The minimum atomic E-state index is -0.0541. The van der Waals surface area contributed by atoms with Gasteiger partial charge in [0.15, 0.2) is 0 Å². The van der Waals surface area contributed by atoms with Crippen LogP contribution in [0.15, 0.2) is 144 Å². The van der Waals surface area contributed by atoms with Crippen LogP contribution in [-0.4, -0.2) is 4.57 Å². The number of furan rings is 1. The van der Waals surface area contributed by atoms with Crippen molar-refractivity contribution in [1.82, 2.24) is 4.57 Å². The smallest absolute Gasteiger partial charge is 0.135 e. The third kappa shape index (κ3) is 3.33. The second-order valence-corrected chi connectivity index (χ2v) is 13.8. The van der Waals surface area contributed by atoms with E-state index in [1.807, 2.05) is 18.2 Å². The molecule has 226 valence electrons. The van der Waals surface area contributed by atoms with Crippen molar-refractivity contribution in [2.75, 3.05) is 5.32 Å². The monoisotopic (exact) mass is 614 g/mol. The van der Waals surface area contributed by atoms with Gasteiger partial charge in [0.2, 0.25) is 0 Å². The Balaban J connectivity index is 1.05. The van der Waals surface area contributed by atoms with E-state index in [4.69, 9.17) is 4.42 Å². The molecule has 0 fully saturated rings. The van der Waals surface area contributed by atoms with Gasteiger partial charge in [-0.05, 0) is 81.9 Å². The van der Waals surface area contributed by atoms with Crippen LogP contribution in [0.4, 0.5) is 11.4 Å². The molecule has 7 aromatic carbocycles. The van der Waals surface area contributed by atoms with Crippen LogP contribution in [0.25, 0.3) is 82.8 Å². The molecule has 0 atom stereocenters. The van der Waals surface area contributed by atoms with Crippen molar-refractivity contribution >= 4 is 55.1 Å². The minimum Gasteiger partial charge on any atom is -0.456 e. The fourth-order valence-corrected chi connectivity index (χ4v) is 8.63. The minimum absolute atomic E-state index is 0.0541. The van der Waals surface area contributed by atoms with Crippen LogP contribution in [0, 0.1) is 0 Å². The fourth-order valence-electron chi connectivity index (χ4n) is 8.63. The number of hydrogen-bond donors (Lipinski definition) is 1. The lowest BCUT2D eigenvalue weighted by Gasteiger charge is -2.23. The van der Waals surface area contributed by atoms with E-state index >= 15 is 0 Å². The molecule has 0 saturated carbocycles. The molecule has 1 N–H and O–H groups in total. The second kappa shape index (κ2) is 9.05. The zero-order valence-electron chi connectivity index (χ0n) is 26.6. The van der Waals surface area contributed by atoms with E-state index in [1.165, 1.54) is 72.0 Å². The van der Waals surface area contributed by atoms with Gasteiger partial charge in [0, 0.05) is 49.5 Å². The number of benzene rings is 7. The molecule has 0 unspecified atom stereocenters. The maximum atomic E-state index is 6.03. The zero-order chi connectivity index (χ0) is 31.7. The van der Waals surface area contributed by atoms with Crippen molar-refractivity contribution in [2.24, 2.45) is 0 Å². The standard InChI is InChI=1S/C45H30N2O/c1-45(2)36-11-7-10-33-31-20-16-27(24-39(31)47-38-12-5-3-8-30(38)34-21-22-37(45)43(42(33)36)44(34)47)26-14-17-28(18-15-26)46-29-19-23-41-35(25-29)32-9-4-6-13-40(32)48-41/h3-25,46H,1-2H3. The molecule has 2 aromatic heterocycles. The third-order valence-electron chi connectivity index (χ3n) is 10.9. The highest BCUT2D eigenvalue weighted by Crippen LogP contribution is 2.58. The molecular formula is C45H30N2O. The summed E-state index contributed by atoms with van der Waals surface area (Å²) in [4.78, 5) is 0. The molecule has 0 radical (unpaired) electrons. The van der Waals surface area contributed by atoms with Gasteiger partial charge in [-0.2, -0.15) is 0 Å². The normalized spacial score (nSPS) is 13.8. The number of para-hydroxylation sites is 2. The van der Waals surface area contributed by atoms with E-state index in [0.717, 1.165) is 33.3 Å². The molecule has 0 spiro atoms. The quantitative estimate of drug-likeness (QED) is 0.215. The number of aromatic nitrogens is 1. The summed E-state index contributed by atoms with van der Waals surface area (Å²) in [5.74, 6) is 0. The number of nitrogens with one attached hydrogen (secondary N) is 1. The summed E-state index contributed by atoms with van der Waals surface area (Å²) in [6.45, 7) is 4.75. The molecule has 11 rings (SSSR count). The first-order valence-corrected chi connectivity index (χ1v) is 16.7. The number of hydrogen-bond acceptors (Lipinski definition) is 2. The van der Waals surface area contributed by atoms with Crippen LogP contribution >= 0.6 is 0 Å². The first kappa shape index (κ1) is 26.1. The van der Waals surface area contributed by atoms with Gasteiger partial charge in [-0.15, -0.1) is 0 Å². The Morgan fingerprint density at radius 3 is 2.17 bits per heavy atom. The molecule has 1 aliphatic carbocycles. The van der Waals surface area contributed by atoms with Gasteiger partial charge in [-0.1, -0.05) is 105 Å². The predicted molar refractivity (Wildman–Crippen MR) is 200 cm³/mol. The summed E-state index contributed by atoms with van der Waals surface area (Å²) in [6.07, 6.45) is 0. The van der Waals surface area contributed by atoms with E-state index < -0.39 is 0 Å². The van der Waals surface area contributed by atoms with E-state index in [1.54, 1.807) is 0 Å². The van der Waals surface area contributed by atoms with Crippen molar-refractivity contribution in [2.45, 2.75) is 19.3 Å². The number of rotatable bonds is 3. The molecule has 48 heavy (non-hydrogen) atoms. The van der Waals surface area contributed by atoms with Crippen LogP contribution in [0.2, 0.25) is 0 Å². The molecule has 1 aliphatic heterocycles. The Bertz CT molecular complexity index is 2830. The summed E-state index contributed by atoms with van der Waals surface area (Å²) in [7, 11) is 0. The number of nitrogens with zero attached hydrogens (tertiary/aromatic N) is 1. The van der Waals surface area contributed by atoms with Crippen molar-refractivity contribution in [3.05, 3.63) is 151 Å². The van der Waals surface area contributed by atoms with Crippen molar-refractivity contribution in [3.8, 4) is 39.1 Å². The van der Waals surface area contributed by atoms with Gasteiger partial charge in [-0.25, -0.2) is 0 Å². The van der Waals surface area contributed by atoms with Crippen LogP contribution in [0.1, 0.15) is 25.0 Å². The van der Waals surface area contributed by atoms with Gasteiger partial charge in [0.05, 0.1) is 16.7 Å². The van der Waals surface area contributed by atoms with E-state index in [2.05, 4.69) is 145 Å². The molecule has 0 bridgehead atoms. The average Bonchev–Trinajstić information content (AvgIpc) is 3.70. The molecule has 0 amide bonds.